The number of primary sulfonamides is 1. The van der Waals surface area contributed by atoms with Crippen molar-refractivity contribution in [2.45, 2.75) is 42.9 Å². The van der Waals surface area contributed by atoms with E-state index in [9.17, 15) is 8.42 Å². The molecule has 2 aromatic carbocycles. The number of nitrogens with zero attached hydrogens (tertiary/aromatic N) is 3. The van der Waals surface area contributed by atoms with Crippen LogP contribution in [0.3, 0.4) is 0 Å². The quantitative estimate of drug-likeness (QED) is 0.403. The van der Waals surface area contributed by atoms with Crippen molar-refractivity contribution >= 4 is 10.0 Å². The van der Waals surface area contributed by atoms with Crippen LogP contribution in [0.2, 0.25) is 0 Å². The fourth-order valence-corrected chi connectivity index (χ4v) is 6.30. The van der Waals surface area contributed by atoms with E-state index in [1.165, 1.54) is 5.56 Å². The molecule has 0 amide bonds. The van der Waals surface area contributed by atoms with Gasteiger partial charge in [-0.3, -0.25) is 0 Å². The van der Waals surface area contributed by atoms with E-state index in [2.05, 4.69) is 38.1 Å². The molecule has 1 aromatic heterocycles. The first-order valence-corrected chi connectivity index (χ1v) is 13.4. The molecule has 9 nitrogen and oxygen atoms in total. The number of nitrogens with two attached hydrogens (primary N) is 2. The van der Waals surface area contributed by atoms with Gasteiger partial charge in [0, 0.05) is 24.6 Å². The number of hydrogen-bond donors (Lipinski definition) is 4. The van der Waals surface area contributed by atoms with Crippen LogP contribution in [0.4, 0.5) is 0 Å². The van der Waals surface area contributed by atoms with Crippen molar-refractivity contribution in [3.05, 3.63) is 47.5 Å². The molecule has 0 unspecified atom stereocenters. The van der Waals surface area contributed by atoms with Crippen molar-refractivity contribution in [3.63, 3.8) is 0 Å². The van der Waals surface area contributed by atoms with Crippen LogP contribution < -0.4 is 16.2 Å². The smallest absolute Gasteiger partial charge is 0.239 e. The topological polar surface area (TPSA) is 153 Å². The summed E-state index contributed by atoms with van der Waals surface area (Å²) < 4.78 is 25.9. The number of aromatic nitrogens is 4. The Morgan fingerprint density at radius 2 is 1.68 bits per heavy atom. The predicted molar refractivity (Wildman–Crippen MR) is 130 cm³/mol. The SMILES string of the molecule is NC[C@H]1CC[C@@H](Cc2ccc(-c3ccc(C4CNC4)cc3)c(-c3nnn[nH]3)c2S(N)(=O)=O)CC1. The van der Waals surface area contributed by atoms with Crippen molar-refractivity contribution in [1.29, 1.82) is 0 Å². The molecule has 3 aromatic rings. The molecular weight excluding hydrogens is 450 g/mol. The van der Waals surface area contributed by atoms with E-state index in [0.717, 1.165) is 49.9 Å². The lowest BCUT2D eigenvalue weighted by atomic mass is 9.79. The fourth-order valence-electron chi connectivity index (χ4n) is 5.29. The molecule has 1 saturated heterocycles. The maximum Gasteiger partial charge on any atom is 0.239 e. The molecule has 10 heteroatoms. The average Bonchev–Trinajstić information content (AvgIpc) is 3.33. The molecule has 2 aliphatic rings. The van der Waals surface area contributed by atoms with Gasteiger partial charge in [0.2, 0.25) is 10.0 Å². The minimum atomic E-state index is -4.05. The van der Waals surface area contributed by atoms with Gasteiger partial charge in [-0.25, -0.2) is 18.7 Å². The molecule has 2 fully saturated rings. The Bertz CT molecular complexity index is 1230. The Balaban J connectivity index is 1.57. The highest BCUT2D eigenvalue weighted by Gasteiger charge is 2.29. The van der Waals surface area contributed by atoms with Crippen molar-refractivity contribution in [2.75, 3.05) is 19.6 Å². The summed E-state index contributed by atoms with van der Waals surface area (Å²) in [7, 11) is -4.05. The monoisotopic (exact) mass is 481 g/mol. The maximum absolute atomic E-state index is 13.0. The van der Waals surface area contributed by atoms with Crippen molar-refractivity contribution in [3.8, 4) is 22.5 Å². The van der Waals surface area contributed by atoms with Crippen LogP contribution in [0, 0.1) is 11.8 Å². The summed E-state index contributed by atoms with van der Waals surface area (Å²) in [4.78, 5) is 0.108. The van der Waals surface area contributed by atoms with Crippen LogP contribution in [0.15, 0.2) is 41.3 Å². The summed E-state index contributed by atoms with van der Waals surface area (Å²) in [6.07, 6.45) is 4.86. The van der Waals surface area contributed by atoms with Crippen LogP contribution in [0.25, 0.3) is 22.5 Å². The molecule has 0 radical (unpaired) electrons. The highest BCUT2D eigenvalue weighted by atomic mass is 32.2. The summed E-state index contributed by atoms with van der Waals surface area (Å²) in [5.41, 5.74) is 9.88. The first-order valence-electron chi connectivity index (χ1n) is 11.9. The summed E-state index contributed by atoms with van der Waals surface area (Å²) in [6.45, 7) is 2.67. The molecular formula is C24H31N7O2S. The number of aromatic amines is 1. The van der Waals surface area contributed by atoms with E-state index in [0.29, 0.717) is 47.7 Å². The lowest BCUT2D eigenvalue weighted by Crippen LogP contribution is -2.39. The zero-order chi connectivity index (χ0) is 23.7. The number of sulfonamides is 1. The average molecular weight is 482 g/mol. The maximum atomic E-state index is 13.0. The van der Waals surface area contributed by atoms with Crippen molar-refractivity contribution in [2.24, 2.45) is 22.7 Å². The lowest BCUT2D eigenvalue weighted by Gasteiger charge is -2.28. The number of H-pyrrole nitrogens is 1. The second-order valence-corrected chi connectivity index (χ2v) is 11.1. The predicted octanol–water partition coefficient (Wildman–Crippen LogP) is 2.18. The van der Waals surface area contributed by atoms with Crippen LogP contribution >= 0.6 is 0 Å². The van der Waals surface area contributed by atoms with Gasteiger partial charge in [-0.15, -0.1) is 5.10 Å². The van der Waals surface area contributed by atoms with Crippen molar-refractivity contribution < 1.29 is 8.42 Å². The third-order valence-electron chi connectivity index (χ3n) is 7.39. The lowest BCUT2D eigenvalue weighted by molar-refractivity contribution is 0.278. The standard InChI is InChI=1S/C24H31N7O2S/c25-12-16-3-1-15(2-4-16)11-19-9-10-21(18-7-5-17(6-8-18)20-13-27-14-20)22(23(19)34(26,32)33)24-28-30-31-29-24/h5-10,15-16,20,27H,1-4,11-14,25H2,(H2,26,32,33)(H,28,29,30,31)/t15-,16+. The Labute approximate surface area is 199 Å². The van der Waals surface area contributed by atoms with Gasteiger partial charge in [-0.05, 0) is 83.2 Å². The Morgan fingerprint density at radius 3 is 2.24 bits per heavy atom. The van der Waals surface area contributed by atoms with E-state index in [1.54, 1.807) is 0 Å². The van der Waals surface area contributed by atoms with Gasteiger partial charge in [0.25, 0.3) is 0 Å². The molecule has 1 aliphatic carbocycles. The van der Waals surface area contributed by atoms with Crippen LogP contribution in [-0.4, -0.2) is 48.7 Å². The van der Waals surface area contributed by atoms with Gasteiger partial charge in [0.1, 0.15) is 0 Å². The van der Waals surface area contributed by atoms with Gasteiger partial charge >= 0.3 is 0 Å². The minimum Gasteiger partial charge on any atom is -0.330 e. The second kappa shape index (κ2) is 9.53. The molecule has 34 heavy (non-hydrogen) atoms. The molecule has 180 valence electrons. The third kappa shape index (κ3) is 4.63. The van der Waals surface area contributed by atoms with E-state index in [1.807, 2.05) is 24.3 Å². The Kier molecular flexibility index (Phi) is 6.48. The Morgan fingerprint density at radius 1 is 0.971 bits per heavy atom. The van der Waals surface area contributed by atoms with Gasteiger partial charge in [0.05, 0.1) is 4.90 Å². The molecule has 0 atom stereocenters. The molecule has 0 bridgehead atoms. The summed E-state index contributed by atoms with van der Waals surface area (Å²) in [6, 6.07) is 12.1. The second-order valence-electron chi connectivity index (χ2n) is 9.57. The molecule has 1 saturated carbocycles. The molecule has 2 heterocycles. The zero-order valence-electron chi connectivity index (χ0n) is 19.1. The first kappa shape index (κ1) is 23.1. The number of rotatable bonds is 7. The first-order chi connectivity index (χ1) is 16.4. The third-order valence-corrected chi connectivity index (χ3v) is 8.42. The zero-order valence-corrected chi connectivity index (χ0v) is 19.9. The number of hydrogen-bond acceptors (Lipinski definition) is 7. The Hall–Kier alpha value is -2.66. The van der Waals surface area contributed by atoms with Gasteiger partial charge in [-0.2, -0.15) is 0 Å². The number of tetrazole rings is 1. The summed E-state index contributed by atoms with van der Waals surface area (Å²) in [5.74, 6) is 1.76. The minimum absolute atomic E-state index is 0.108. The van der Waals surface area contributed by atoms with Crippen LogP contribution in [0.1, 0.15) is 42.7 Å². The highest BCUT2D eigenvalue weighted by molar-refractivity contribution is 7.89. The normalized spacial score (nSPS) is 21.4. The van der Waals surface area contributed by atoms with Gasteiger partial charge in [-0.1, -0.05) is 36.4 Å². The van der Waals surface area contributed by atoms with E-state index in [4.69, 9.17) is 10.9 Å². The highest BCUT2D eigenvalue weighted by Crippen LogP contribution is 2.40. The van der Waals surface area contributed by atoms with E-state index < -0.39 is 10.0 Å². The molecule has 1 aliphatic heterocycles. The molecule has 0 spiro atoms. The summed E-state index contributed by atoms with van der Waals surface area (Å²) >= 11 is 0. The van der Waals surface area contributed by atoms with E-state index in [-0.39, 0.29) is 4.90 Å². The molecule has 5 rings (SSSR count). The van der Waals surface area contributed by atoms with Gasteiger partial charge < -0.3 is 11.1 Å². The van der Waals surface area contributed by atoms with Crippen molar-refractivity contribution in [1.82, 2.24) is 25.9 Å². The number of nitrogens with one attached hydrogen (secondary N) is 2. The van der Waals surface area contributed by atoms with Crippen LogP contribution in [-0.2, 0) is 16.4 Å². The summed E-state index contributed by atoms with van der Waals surface area (Å²) in [5, 5.41) is 23.3. The largest absolute Gasteiger partial charge is 0.330 e. The van der Waals surface area contributed by atoms with Crippen LogP contribution in [0.5, 0.6) is 0 Å². The fraction of sp³-hybridized carbons (Fsp3) is 0.458. The van der Waals surface area contributed by atoms with E-state index >= 15 is 0 Å². The van der Waals surface area contributed by atoms with Gasteiger partial charge in [0.15, 0.2) is 5.82 Å². The molecule has 6 N–H and O–H groups in total. The number of benzene rings is 2.